The van der Waals surface area contributed by atoms with Crippen molar-refractivity contribution in [3.63, 3.8) is 0 Å². The fraction of sp³-hybridized carbons (Fsp3) is 0.500. The second-order valence-electron chi connectivity index (χ2n) is 5.07. The molecule has 0 radical (unpaired) electrons. The van der Waals surface area contributed by atoms with Crippen molar-refractivity contribution in [3.05, 3.63) is 33.9 Å². The molecule has 0 bridgehead atoms. The molecule has 1 heterocycles. The number of anilines is 1. The van der Waals surface area contributed by atoms with Crippen LogP contribution in [0.5, 0.6) is 0 Å². The van der Waals surface area contributed by atoms with E-state index in [1.807, 2.05) is 4.90 Å². The Bertz CT molecular complexity index is 510. The molecule has 1 fully saturated rings. The fourth-order valence-electron chi connectivity index (χ4n) is 2.37. The number of hydrogen-bond acceptors (Lipinski definition) is 4. The van der Waals surface area contributed by atoms with Gasteiger partial charge in [0.25, 0.3) is 5.69 Å². The molecule has 1 N–H and O–H groups in total. The van der Waals surface area contributed by atoms with Gasteiger partial charge in [0.15, 0.2) is 0 Å². The maximum absolute atomic E-state index is 12.0. The minimum Gasteiger partial charge on any atom is -0.371 e. The Morgan fingerprint density at radius 3 is 2.70 bits per heavy atom. The summed E-state index contributed by atoms with van der Waals surface area (Å²) in [5.74, 6) is -0.000395. The SMILES string of the molecule is Cc1ccc(NCC(=O)N2CCCCC2)c([N+](=O)[O-])c1. The summed E-state index contributed by atoms with van der Waals surface area (Å²) in [5, 5.41) is 13.9. The molecule has 6 heteroatoms. The van der Waals surface area contributed by atoms with Crippen LogP contribution in [-0.2, 0) is 4.79 Å². The largest absolute Gasteiger partial charge is 0.371 e. The van der Waals surface area contributed by atoms with E-state index < -0.39 is 4.92 Å². The lowest BCUT2D eigenvalue weighted by Gasteiger charge is -2.26. The number of aryl methyl sites for hydroxylation is 1. The third-order valence-electron chi connectivity index (χ3n) is 3.49. The van der Waals surface area contributed by atoms with Crippen LogP contribution in [-0.4, -0.2) is 35.4 Å². The van der Waals surface area contributed by atoms with Gasteiger partial charge in [-0.15, -0.1) is 0 Å². The summed E-state index contributed by atoms with van der Waals surface area (Å²) >= 11 is 0. The maximum Gasteiger partial charge on any atom is 0.292 e. The summed E-state index contributed by atoms with van der Waals surface area (Å²) in [6, 6.07) is 4.95. The normalized spacial score (nSPS) is 14.9. The smallest absolute Gasteiger partial charge is 0.292 e. The molecule has 1 aromatic carbocycles. The number of rotatable bonds is 4. The van der Waals surface area contributed by atoms with Crippen LogP contribution in [0.2, 0.25) is 0 Å². The van der Waals surface area contributed by atoms with Gasteiger partial charge < -0.3 is 10.2 Å². The van der Waals surface area contributed by atoms with Gasteiger partial charge in [-0.05, 0) is 37.8 Å². The molecule has 1 saturated heterocycles. The predicted molar refractivity (Wildman–Crippen MR) is 76.8 cm³/mol. The fourth-order valence-corrected chi connectivity index (χ4v) is 2.37. The first-order valence-electron chi connectivity index (χ1n) is 6.84. The van der Waals surface area contributed by atoms with Gasteiger partial charge in [-0.25, -0.2) is 0 Å². The highest BCUT2D eigenvalue weighted by Crippen LogP contribution is 2.25. The second kappa shape index (κ2) is 6.36. The number of nitro groups is 1. The lowest BCUT2D eigenvalue weighted by Crippen LogP contribution is -2.39. The molecule has 0 spiro atoms. The number of amides is 1. The average molecular weight is 277 g/mol. The Balaban J connectivity index is 1.99. The molecule has 1 aliphatic heterocycles. The summed E-state index contributed by atoms with van der Waals surface area (Å²) in [6.45, 7) is 3.48. The standard InChI is InChI=1S/C14H19N3O3/c1-11-5-6-12(13(9-11)17(19)20)15-10-14(18)16-7-3-2-4-8-16/h5-6,9,15H,2-4,7-8,10H2,1H3. The van der Waals surface area contributed by atoms with Gasteiger partial charge in [0.1, 0.15) is 5.69 Å². The van der Waals surface area contributed by atoms with Crippen molar-refractivity contribution in [1.82, 2.24) is 4.90 Å². The molecule has 1 aliphatic rings. The van der Waals surface area contributed by atoms with Crippen LogP contribution in [0, 0.1) is 17.0 Å². The van der Waals surface area contributed by atoms with Crippen molar-refractivity contribution >= 4 is 17.3 Å². The molecule has 2 rings (SSSR count). The zero-order chi connectivity index (χ0) is 14.5. The second-order valence-corrected chi connectivity index (χ2v) is 5.07. The molecule has 0 atom stereocenters. The van der Waals surface area contributed by atoms with E-state index in [-0.39, 0.29) is 18.1 Å². The van der Waals surface area contributed by atoms with Crippen molar-refractivity contribution in [2.24, 2.45) is 0 Å². The number of likely N-dealkylation sites (tertiary alicyclic amines) is 1. The third-order valence-corrected chi connectivity index (χ3v) is 3.49. The molecule has 0 aliphatic carbocycles. The molecule has 0 saturated carbocycles. The Kier molecular flexibility index (Phi) is 4.55. The molecule has 0 unspecified atom stereocenters. The van der Waals surface area contributed by atoms with E-state index in [4.69, 9.17) is 0 Å². The summed E-state index contributed by atoms with van der Waals surface area (Å²) in [5.41, 5.74) is 1.23. The molecule has 6 nitrogen and oxygen atoms in total. The van der Waals surface area contributed by atoms with E-state index in [0.717, 1.165) is 31.5 Å². The summed E-state index contributed by atoms with van der Waals surface area (Å²) < 4.78 is 0. The van der Waals surface area contributed by atoms with Crippen molar-refractivity contribution in [1.29, 1.82) is 0 Å². The number of benzene rings is 1. The minimum absolute atomic E-state index is 0.000395. The van der Waals surface area contributed by atoms with Crippen molar-refractivity contribution in [2.75, 3.05) is 25.0 Å². The van der Waals surface area contributed by atoms with Gasteiger partial charge >= 0.3 is 0 Å². The molecule has 0 aromatic heterocycles. The number of hydrogen-bond donors (Lipinski definition) is 1. The van der Waals surface area contributed by atoms with E-state index in [2.05, 4.69) is 5.32 Å². The van der Waals surface area contributed by atoms with Gasteiger partial charge in [-0.3, -0.25) is 14.9 Å². The predicted octanol–water partition coefficient (Wildman–Crippen LogP) is 2.33. The highest BCUT2D eigenvalue weighted by atomic mass is 16.6. The first-order valence-corrected chi connectivity index (χ1v) is 6.84. The number of piperidine rings is 1. The first kappa shape index (κ1) is 14.3. The zero-order valence-corrected chi connectivity index (χ0v) is 11.6. The van der Waals surface area contributed by atoms with Crippen LogP contribution < -0.4 is 5.32 Å². The molecule has 108 valence electrons. The number of nitro benzene ring substituents is 1. The quantitative estimate of drug-likeness (QED) is 0.677. The topological polar surface area (TPSA) is 75.5 Å². The van der Waals surface area contributed by atoms with E-state index in [1.54, 1.807) is 19.1 Å². The van der Waals surface area contributed by atoms with E-state index in [1.165, 1.54) is 12.5 Å². The Morgan fingerprint density at radius 1 is 1.35 bits per heavy atom. The monoisotopic (exact) mass is 277 g/mol. The molecule has 1 aromatic rings. The van der Waals surface area contributed by atoms with E-state index in [9.17, 15) is 14.9 Å². The molecular weight excluding hydrogens is 258 g/mol. The summed E-state index contributed by atoms with van der Waals surface area (Å²) in [6.07, 6.45) is 3.24. The number of nitrogens with zero attached hydrogens (tertiary/aromatic N) is 2. The van der Waals surface area contributed by atoms with Gasteiger partial charge in [-0.2, -0.15) is 0 Å². The van der Waals surface area contributed by atoms with Gasteiger partial charge in [0, 0.05) is 19.2 Å². The van der Waals surface area contributed by atoms with Crippen LogP contribution in [0.3, 0.4) is 0 Å². The molecular formula is C14H19N3O3. The van der Waals surface area contributed by atoms with E-state index in [0.29, 0.717) is 5.69 Å². The Hall–Kier alpha value is -2.11. The highest BCUT2D eigenvalue weighted by Gasteiger charge is 2.18. The lowest BCUT2D eigenvalue weighted by molar-refractivity contribution is -0.384. The third kappa shape index (κ3) is 3.46. The number of carbonyl (C=O) groups is 1. The Labute approximate surface area is 117 Å². The van der Waals surface area contributed by atoms with Gasteiger partial charge in [0.2, 0.25) is 5.91 Å². The Morgan fingerprint density at radius 2 is 2.05 bits per heavy atom. The van der Waals surface area contributed by atoms with Crippen LogP contribution >= 0.6 is 0 Å². The van der Waals surface area contributed by atoms with Crippen LogP contribution in [0.1, 0.15) is 24.8 Å². The van der Waals surface area contributed by atoms with Crippen LogP contribution in [0.25, 0.3) is 0 Å². The van der Waals surface area contributed by atoms with E-state index >= 15 is 0 Å². The van der Waals surface area contributed by atoms with Crippen LogP contribution in [0.15, 0.2) is 18.2 Å². The highest BCUT2D eigenvalue weighted by molar-refractivity contribution is 5.82. The van der Waals surface area contributed by atoms with Crippen molar-refractivity contribution in [3.8, 4) is 0 Å². The zero-order valence-electron chi connectivity index (χ0n) is 11.6. The van der Waals surface area contributed by atoms with Crippen LogP contribution in [0.4, 0.5) is 11.4 Å². The molecule has 1 amide bonds. The number of carbonyl (C=O) groups excluding carboxylic acids is 1. The summed E-state index contributed by atoms with van der Waals surface area (Å²) in [4.78, 5) is 24.4. The average Bonchev–Trinajstić information content (AvgIpc) is 2.46. The van der Waals surface area contributed by atoms with Crippen molar-refractivity contribution < 1.29 is 9.72 Å². The number of nitrogens with one attached hydrogen (secondary N) is 1. The maximum atomic E-state index is 12.0. The lowest BCUT2D eigenvalue weighted by atomic mass is 10.1. The van der Waals surface area contributed by atoms with Gasteiger partial charge in [0.05, 0.1) is 11.5 Å². The van der Waals surface area contributed by atoms with Gasteiger partial charge in [-0.1, -0.05) is 6.07 Å². The molecule has 20 heavy (non-hydrogen) atoms. The first-order chi connectivity index (χ1) is 9.58. The summed E-state index contributed by atoms with van der Waals surface area (Å²) in [7, 11) is 0. The van der Waals surface area contributed by atoms with Crippen molar-refractivity contribution in [2.45, 2.75) is 26.2 Å². The minimum atomic E-state index is -0.430.